The van der Waals surface area contributed by atoms with Crippen LogP contribution in [0.1, 0.15) is 18.4 Å². The maximum absolute atomic E-state index is 12.9. The van der Waals surface area contributed by atoms with Gasteiger partial charge in [-0.05, 0) is 43.2 Å². The van der Waals surface area contributed by atoms with Crippen molar-refractivity contribution in [2.24, 2.45) is 5.92 Å². The molecule has 1 fully saturated rings. The van der Waals surface area contributed by atoms with Crippen LogP contribution in [0.25, 0.3) is 10.2 Å². The Morgan fingerprint density at radius 1 is 1.23 bits per heavy atom. The Morgan fingerprint density at radius 2 is 1.97 bits per heavy atom. The third-order valence-corrected chi connectivity index (χ3v) is 8.16. The predicted molar refractivity (Wildman–Crippen MR) is 116 cm³/mol. The second-order valence-electron chi connectivity index (χ2n) is 6.91. The van der Waals surface area contributed by atoms with E-state index in [0.29, 0.717) is 23.0 Å². The van der Waals surface area contributed by atoms with Crippen molar-refractivity contribution < 1.29 is 13.2 Å². The van der Waals surface area contributed by atoms with Crippen molar-refractivity contribution in [1.29, 1.82) is 5.26 Å². The van der Waals surface area contributed by atoms with Crippen molar-refractivity contribution in [2.75, 3.05) is 18.4 Å². The topological polar surface area (TPSA) is 103 Å². The van der Waals surface area contributed by atoms with Crippen molar-refractivity contribution in [3.05, 3.63) is 53.1 Å². The van der Waals surface area contributed by atoms with E-state index in [0.717, 1.165) is 10.2 Å². The molecule has 0 spiro atoms. The van der Waals surface area contributed by atoms with Crippen LogP contribution in [0.2, 0.25) is 5.02 Å². The molecule has 3 aromatic rings. The molecule has 1 amide bonds. The third-order valence-electron chi connectivity index (χ3n) is 5.03. The van der Waals surface area contributed by atoms with Gasteiger partial charge in [-0.25, -0.2) is 13.4 Å². The van der Waals surface area contributed by atoms with Crippen LogP contribution in [0.15, 0.2) is 47.4 Å². The molecular formula is C20H17ClN4O3S2. The Hall–Kier alpha value is -2.51. The molecule has 4 rings (SSSR count). The molecule has 0 bridgehead atoms. The highest BCUT2D eigenvalue weighted by atomic mass is 35.5. The lowest BCUT2D eigenvalue weighted by molar-refractivity contribution is -0.120. The Balaban J connectivity index is 1.42. The summed E-state index contributed by atoms with van der Waals surface area (Å²) in [6.45, 7) is 0.436. The summed E-state index contributed by atoms with van der Waals surface area (Å²) >= 11 is 7.33. The highest BCUT2D eigenvalue weighted by molar-refractivity contribution is 7.89. The summed E-state index contributed by atoms with van der Waals surface area (Å²) in [5.41, 5.74) is 0.880. The zero-order valence-corrected chi connectivity index (χ0v) is 18.1. The van der Waals surface area contributed by atoms with E-state index in [1.165, 1.54) is 27.8 Å². The highest BCUT2D eigenvalue weighted by Crippen LogP contribution is 2.30. The number of aromatic nitrogens is 1. The second-order valence-corrected chi connectivity index (χ2v) is 10.3. The number of halogens is 1. The standard InChI is InChI=1S/C20H17ClN4O3S2/c21-15-5-6-16-17(11-15)29-20(23-16)24-19(26)13-7-9-25(10-8-13)30(27,28)18-4-2-1-3-14(18)12-22/h1-6,11,13H,7-10H2,(H,23,24,26). The number of fused-ring (bicyclic) bond motifs is 1. The fourth-order valence-electron chi connectivity index (χ4n) is 3.44. The number of benzene rings is 2. The Morgan fingerprint density at radius 3 is 2.70 bits per heavy atom. The number of nitriles is 1. The first-order valence-corrected chi connectivity index (χ1v) is 11.9. The minimum absolute atomic E-state index is 0.00328. The number of thiazole rings is 1. The van der Waals surface area contributed by atoms with Gasteiger partial charge in [0, 0.05) is 24.0 Å². The molecule has 0 unspecified atom stereocenters. The van der Waals surface area contributed by atoms with E-state index in [9.17, 15) is 18.5 Å². The number of hydrogen-bond acceptors (Lipinski definition) is 6. The summed E-state index contributed by atoms with van der Waals surface area (Å²) in [6, 6.07) is 13.4. The third kappa shape index (κ3) is 4.04. The van der Waals surface area contributed by atoms with E-state index >= 15 is 0 Å². The second kappa shape index (κ2) is 8.32. The highest BCUT2D eigenvalue weighted by Gasteiger charge is 2.33. The van der Waals surface area contributed by atoms with Crippen LogP contribution in [-0.4, -0.2) is 36.7 Å². The van der Waals surface area contributed by atoms with Crippen LogP contribution in [0, 0.1) is 17.2 Å². The molecule has 0 aliphatic carbocycles. The van der Waals surface area contributed by atoms with Crippen molar-refractivity contribution in [2.45, 2.75) is 17.7 Å². The maximum Gasteiger partial charge on any atom is 0.244 e. The minimum Gasteiger partial charge on any atom is -0.302 e. The molecule has 7 nitrogen and oxygen atoms in total. The first-order chi connectivity index (χ1) is 14.4. The van der Waals surface area contributed by atoms with Gasteiger partial charge in [0.1, 0.15) is 6.07 Å². The average Bonchev–Trinajstić information content (AvgIpc) is 3.15. The van der Waals surface area contributed by atoms with Crippen molar-refractivity contribution >= 4 is 54.2 Å². The van der Waals surface area contributed by atoms with Gasteiger partial charge in [0.05, 0.1) is 20.7 Å². The number of anilines is 1. The first kappa shape index (κ1) is 20.8. The zero-order valence-electron chi connectivity index (χ0n) is 15.7. The number of sulfonamides is 1. The van der Waals surface area contributed by atoms with Crippen molar-refractivity contribution in [1.82, 2.24) is 9.29 Å². The molecule has 154 valence electrons. The number of carbonyl (C=O) groups excluding carboxylic acids is 1. The van der Waals surface area contributed by atoms with E-state index in [1.54, 1.807) is 30.3 Å². The summed E-state index contributed by atoms with van der Waals surface area (Å²) in [5, 5.41) is 13.1. The van der Waals surface area contributed by atoms with Gasteiger partial charge in [0.25, 0.3) is 0 Å². The number of nitrogens with zero attached hydrogens (tertiary/aromatic N) is 3. The number of nitrogens with one attached hydrogen (secondary N) is 1. The molecule has 30 heavy (non-hydrogen) atoms. The van der Waals surface area contributed by atoms with Crippen LogP contribution >= 0.6 is 22.9 Å². The number of rotatable bonds is 4. The maximum atomic E-state index is 12.9. The van der Waals surface area contributed by atoms with E-state index in [-0.39, 0.29) is 35.4 Å². The molecule has 1 aromatic heterocycles. The summed E-state index contributed by atoms with van der Waals surface area (Å²) in [7, 11) is -3.78. The summed E-state index contributed by atoms with van der Waals surface area (Å²) in [6.07, 6.45) is 0.799. The number of carbonyl (C=O) groups is 1. The van der Waals surface area contributed by atoms with Gasteiger partial charge in [0.15, 0.2) is 5.13 Å². The normalized spacial score (nSPS) is 15.7. The largest absolute Gasteiger partial charge is 0.302 e. The van der Waals surface area contributed by atoms with E-state index in [2.05, 4.69) is 10.3 Å². The zero-order chi connectivity index (χ0) is 21.3. The summed E-state index contributed by atoms with van der Waals surface area (Å²) < 4.78 is 28.1. The molecule has 0 radical (unpaired) electrons. The van der Waals surface area contributed by atoms with Gasteiger partial charge in [-0.1, -0.05) is 35.1 Å². The van der Waals surface area contributed by atoms with Gasteiger partial charge in [-0.2, -0.15) is 9.57 Å². The minimum atomic E-state index is -3.78. The lowest BCUT2D eigenvalue weighted by atomic mass is 9.97. The SMILES string of the molecule is N#Cc1ccccc1S(=O)(=O)N1CCC(C(=O)Nc2nc3ccc(Cl)cc3s2)CC1. The number of hydrogen-bond donors (Lipinski definition) is 1. The van der Waals surface area contributed by atoms with Gasteiger partial charge in [-0.3, -0.25) is 4.79 Å². The Labute approximate surface area is 183 Å². The van der Waals surface area contributed by atoms with Gasteiger partial charge in [-0.15, -0.1) is 0 Å². The quantitative estimate of drug-likeness (QED) is 0.636. The molecule has 1 aliphatic rings. The molecular weight excluding hydrogens is 444 g/mol. The Bertz CT molecular complexity index is 1260. The lowest BCUT2D eigenvalue weighted by Gasteiger charge is -2.30. The number of piperidine rings is 1. The number of amides is 1. The Kier molecular flexibility index (Phi) is 5.75. The summed E-state index contributed by atoms with van der Waals surface area (Å²) in [5.74, 6) is -0.479. The lowest BCUT2D eigenvalue weighted by Crippen LogP contribution is -2.41. The molecule has 10 heteroatoms. The van der Waals surface area contributed by atoms with E-state index < -0.39 is 10.0 Å². The van der Waals surface area contributed by atoms with Crippen molar-refractivity contribution in [3.63, 3.8) is 0 Å². The van der Waals surface area contributed by atoms with E-state index in [4.69, 9.17) is 11.6 Å². The fraction of sp³-hybridized carbons (Fsp3) is 0.250. The van der Waals surface area contributed by atoms with Crippen molar-refractivity contribution in [3.8, 4) is 6.07 Å². The molecule has 2 heterocycles. The molecule has 0 saturated carbocycles. The molecule has 1 saturated heterocycles. The monoisotopic (exact) mass is 460 g/mol. The molecule has 2 aromatic carbocycles. The van der Waals surface area contributed by atoms with Gasteiger partial charge < -0.3 is 5.32 Å². The van der Waals surface area contributed by atoms with Crippen LogP contribution in [0.4, 0.5) is 5.13 Å². The van der Waals surface area contributed by atoms with Crippen LogP contribution in [0.5, 0.6) is 0 Å². The van der Waals surface area contributed by atoms with Crippen LogP contribution < -0.4 is 5.32 Å². The first-order valence-electron chi connectivity index (χ1n) is 9.25. The van der Waals surface area contributed by atoms with Gasteiger partial charge in [0.2, 0.25) is 15.9 Å². The van der Waals surface area contributed by atoms with Gasteiger partial charge >= 0.3 is 0 Å². The predicted octanol–water partition coefficient (Wildman–Crippen LogP) is 3.86. The van der Waals surface area contributed by atoms with E-state index in [1.807, 2.05) is 6.07 Å². The molecule has 0 atom stereocenters. The molecule has 1 aliphatic heterocycles. The van der Waals surface area contributed by atoms with Crippen LogP contribution in [0.3, 0.4) is 0 Å². The van der Waals surface area contributed by atoms with Crippen LogP contribution in [-0.2, 0) is 14.8 Å². The smallest absolute Gasteiger partial charge is 0.244 e. The fourth-order valence-corrected chi connectivity index (χ4v) is 6.20. The molecule has 1 N–H and O–H groups in total. The average molecular weight is 461 g/mol. The summed E-state index contributed by atoms with van der Waals surface area (Å²) in [4.78, 5) is 17.1.